The number of nitrogens with two attached hydrogens (primary N) is 2. The molecule has 84 valence electrons. The SMILES string of the molecule is Cc1nc(CN)cc(N)c1OC(F)(F)F. The minimum Gasteiger partial charge on any atom is -0.402 e. The second-order valence-electron chi connectivity index (χ2n) is 2.87. The minimum absolute atomic E-state index is 0.0628. The van der Waals surface area contributed by atoms with E-state index in [1.165, 1.54) is 13.0 Å². The van der Waals surface area contributed by atoms with Crippen molar-refractivity contribution in [3.05, 3.63) is 17.5 Å². The van der Waals surface area contributed by atoms with Gasteiger partial charge in [-0.3, -0.25) is 4.98 Å². The molecule has 0 fully saturated rings. The average Bonchev–Trinajstić information content (AvgIpc) is 2.09. The number of anilines is 1. The van der Waals surface area contributed by atoms with Gasteiger partial charge in [-0.1, -0.05) is 0 Å². The molecule has 1 rings (SSSR count). The molecule has 15 heavy (non-hydrogen) atoms. The van der Waals surface area contributed by atoms with Crippen molar-refractivity contribution < 1.29 is 17.9 Å². The molecule has 0 spiro atoms. The Labute approximate surface area is 84.0 Å². The van der Waals surface area contributed by atoms with Crippen molar-refractivity contribution in [3.8, 4) is 5.75 Å². The number of aromatic nitrogens is 1. The summed E-state index contributed by atoms with van der Waals surface area (Å²) in [4.78, 5) is 3.81. The average molecular weight is 221 g/mol. The van der Waals surface area contributed by atoms with Gasteiger partial charge in [-0.05, 0) is 13.0 Å². The summed E-state index contributed by atoms with van der Waals surface area (Å²) in [5.74, 6) is -0.472. The first-order valence-corrected chi connectivity index (χ1v) is 4.05. The molecular formula is C8H10F3N3O. The molecule has 7 heteroatoms. The van der Waals surface area contributed by atoms with Crippen LogP contribution in [0.4, 0.5) is 18.9 Å². The van der Waals surface area contributed by atoms with Gasteiger partial charge < -0.3 is 16.2 Å². The first kappa shape index (κ1) is 11.6. The Balaban J connectivity index is 3.09. The molecule has 1 heterocycles. The van der Waals surface area contributed by atoms with E-state index >= 15 is 0 Å². The molecular weight excluding hydrogens is 211 g/mol. The second kappa shape index (κ2) is 3.93. The van der Waals surface area contributed by atoms with Gasteiger partial charge in [-0.25, -0.2) is 0 Å². The summed E-state index contributed by atoms with van der Waals surface area (Å²) < 4.78 is 39.6. The zero-order valence-corrected chi connectivity index (χ0v) is 7.93. The number of hydrogen-bond donors (Lipinski definition) is 2. The molecule has 0 saturated carbocycles. The molecule has 0 radical (unpaired) electrons. The highest BCUT2D eigenvalue weighted by Crippen LogP contribution is 2.30. The lowest BCUT2D eigenvalue weighted by Gasteiger charge is -2.13. The highest BCUT2D eigenvalue weighted by atomic mass is 19.4. The minimum atomic E-state index is -4.77. The van der Waals surface area contributed by atoms with Crippen LogP contribution in [0.1, 0.15) is 11.4 Å². The fraction of sp³-hybridized carbons (Fsp3) is 0.375. The van der Waals surface area contributed by atoms with Crippen LogP contribution >= 0.6 is 0 Å². The van der Waals surface area contributed by atoms with E-state index in [2.05, 4.69) is 9.72 Å². The molecule has 0 saturated heterocycles. The topological polar surface area (TPSA) is 74.2 Å². The molecule has 0 atom stereocenters. The van der Waals surface area contributed by atoms with E-state index in [1.54, 1.807) is 0 Å². The Hall–Kier alpha value is -1.50. The van der Waals surface area contributed by atoms with Gasteiger partial charge in [-0.2, -0.15) is 0 Å². The molecule has 0 aliphatic carbocycles. The van der Waals surface area contributed by atoms with E-state index in [-0.39, 0.29) is 17.9 Å². The van der Waals surface area contributed by atoms with Crippen LogP contribution in [0.2, 0.25) is 0 Å². The predicted molar refractivity (Wildman–Crippen MR) is 48.0 cm³/mol. The van der Waals surface area contributed by atoms with Crippen LogP contribution in [0.3, 0.4) is 0 Å². The Morgan fingerprint density at radius 2 is 2.07 bits per heavy atom. The Kier molecular flexibility index (Phi) is 3.04. The lowest BCUT2D eigenvalue weighted by Crippen LogP contribution is -2.19. The number of halogens is 3. The van der Waals surface area contributed by atoms with Crippen LogP contribution in [0.25, 0.3) is 0 Å². The lowest BCUT2D eigenvalue weighted by molar-refractivity contribution is -0.274. The number of nitrogens with zero attached hydrogens (tertiary/aromatic N) is 1. The summed E-state index contributed by atoms with van der Waals surface area (Å²) in [7, 11) is 0. The van der Waals surface area contributed by atoms with E-state index in [9.17, 15) is 13.2 Å². The van der Waals surface area contributed by atoms with E-state index in [0.29, 0.717) is 5.69 Å². The predicted octanol–water partition coefficient (Wildman–Crippen LogP) is 1.33. The number of rotatable bonds is 2. The maximum absolute atomic E-state index is 12.0. The Bertz CT molecular complexity index is 342. The largest absolute Gasteiger partial charge is 0.573 e. The lowest BCUT2D eigenvalue weighted by atomic mass is 10.2. The van der Waals surface area contributed by atoms with Crippen molar-refractivity contribution in [2.24, 2.45) is 5.73 Å². The molecule has 0 aliphatic heterocycles. The first-order valence-electron chi connectivity index (χ1n) is 4.05. The number of alkyl halides is 3. The smallest absolute Gasteiger partial charge is 0.402 e. The summed E-state index contributed by atoms with van der Waals surface area (Å²) in [6, 6.07) is 1.26. The third kappa shape index (κ3) is 2.98. The Morgan fingerprint density at radius 1 is 1.47 bits per heavy atom. The summed E-state index contributed by atoms with van der Waals surface area (Å²) >= 11 is 0. The van der Waals surface area contributed by atoms with Crippen molar-refractivity contribution in [1.29, 1.82) is 0 Å². The molecule has 1 aromatic heterocycles. The number of aryl methyl sites for hydroxylation is 1. The molecule has 4 N–H and O–H groups in total. The van der Waals surface area contributed by atoms with Crippen LogP contribution in [0.15, 0.2) is 6.07 Å². The summed E-state index contributed by atoms with van der Waals surface area (Å²) in [5.41, 5.74) is 11.0. The van der Waals surface area contributed by atoms with Gasteiger partial charge in [0.2, 0.25) is 0 Å². The van der Waals surface area contributed by atoms with Crippen molar-refractivity contribution in [1.82, 2.24) is 4.98 Å². The molecule has 0 aliphatic rings. The summed E-state index contributed by atoms with van der Waals surface area (Å²) in [5, 5.41) is 0. The molecule has 4 nitrogen and oxygen atoms in total. The van der Waals surface area contributed by atoms with Crippen LogP contribution in [0.5, 0.6) is 5.75 Å². The van der Waals surface area contributed by atoms with Gasteiger partial charge in [0.1, 0.15) is 0 Å². The zero-order valence-electron chi connectivity index (χ0n) is 7.93. The molecule has 0 amide bonds. The van der Waals surface area contributed by atoms with Crippen LogP contribution in [-0.2, 0) is 6.54 Å². The molecule has 0 unspecified atom stereocenters. The van der Waals surface area contributed by atoms with Crippen LogP contribution in [-0.4, -0.2) is 11.3 Å². The monoisotopic (exact) mass is 221 g/mol. The van der Waals surface area contributed by atoms with Gasteiger partial charge >= 0.3 is 6.36 Å². The fourth-order valence-electron chi connectivity index (χ4n) is 1.11. The summed E-state index contributed by atoms with van der Waals surface area (Å²) in [6.07, 6.45) is -4.77. The van der Waals surface area contributed by atoms with Crippen molar-refractivity contribution in [3.63, 3.8) is 0 Å². The standard InChI is InChI=1S/C8H10F3N3O/c1-4-7(15-8(9,10)11)6(13)2-5(3-12)14-4/h2H,3,12H2,1H3,(H2,13,14). The second-order valence-corrected chi connectivity index (χ2v) is 2.87. The van der Waals surface area contributed by atoms with Gasteiger partial charge in [0.25, 0.3) is 0 Å². The number of ether oxygens (including phenoxy) is 1. The molecule has 1 aromatic rings. The van der Waals surface area contributed by atoms with Gasteiger partial charge in [0, 0.05) is 6.54 Å². The highest BCUT2D eigenvalue weighted by molar-refractivity contribution is 5.55. The summed E-state index contributed by atoms with van der Waals surface area (Å²) in [6.45, 7) is 1.48. The van der Waals surface area contributed by atoms with Crippen LogP contribution < -0.4 is 16.2 Å². The fourth-order valence-corrected chi connectivity index (χ4v) is 1.11. The van der Waals surface area contributed by atoms with E-state index in [1.807, 2.05) is 0 Å². The van der Waals surface area contributed by atoms with Crippen LogP contribution in [0, 0.1) is 6.92 Å². The van der Waals surface area contributed by atoms with Gasteiger partial charge in [-0.15, -0.1) is 13.2 Å². The van der Waals surface area contributed by atoms with Gasteiger partial charge in [0.05, 0.1) is 17.1 Å². The number of hydrogen-bond acceptors (Lipinski definition) is 4. The van der Waals surface area contributed by atoms with Crippen molar-refractivity contribution in [2.75, 3.05) is 5.73 Å². The third-order valence-corrected chi connectivity index (χ3v) is 1.65. The van der Waals surface area contributed by atoms with E-state index < -0.39 is 12.1 Å². The molecule has 0 bridgehead atoms. The highest BCUT2D eigenvalue weighted by Gasteiger charge is 2.33. The molecule has 0 aromatic carbocycles. The number of nitrogen functional groups attached to an aromatic ring is 1. The van der Waals surface area contributed by atoms with Gasteiger partial charge in [0.15, 0.2) is 5.75 Å². The zero-order chi connectivity index (χ0) is 11.6. The van der Waals surface area contributed by atoms with E-state index in [4.69, 9.17) is 11.5 Å². The normalized spacial score (nSPS) is 11.5. The van der Waals surface area contributed by atoms with Crippen molar-refractivity contribution >= 4 is 5.69 Å². The number of pyridine rings is 1. The first-order chi connectivity index (χ1) is 6.83. The third-order valence-electron chi connectivity index (χ3n) is 1.65. The van der Waals surface area contributed by atoms with Crippen molar-refractivity contribution in [2.45, 2.75) is 19.8 Å². The Morgan fingerprint density at radius 3 is 2.47 bits per heavy atom. The maximum Gasteiger partial charge on any atom is 0.573 e. The van der Waals surface area contributed by atoms with E-state index in [0.717, 1.165) is 0 Å². The maximum atomic E-state index is 12.0. The quantitative estimate of drug-likeness (QED) is 0.790.